The standard InChI is InChI=1S/C18H22FNS/c1-3-11-20-18(13-7-8-13)16-10-9-15(21-16)17-12(2)5-4-6-14(17)19/h4-6,9-10,13,18,20H,3,7-8,11H2,1-2H3. The van der Waals surface area contributed by atoms with E-state index in [0.29, 0.717) is 6.04 Å². The van der Waals surface area contributed by atoms with Crippen LogP contribution in [0.3, 0.4) is 0 Å². The summed E-state index contributed by atoms with van der Waals surface area (Å²) in [5, 5.41) is 3.66. The van der Waals surface area contributed by atoms with Crippen molar-refractivity contribution in [2.24, 2.45) is 5.92 Å². The van der Waals surface area contributed by atoms with Crippen molar-refractivity contribution >= 4 is 11.3 Å². The van der Waals surface area contributed by atoms with Crippen LogP contribution in [0.15, 0.2) is 30.3 Å². The molecule has 3 rings (SSSR count). The highest BCUT2D eigenvalue weighted by atomic mass is 32.1. The molecule has 0 saturated heterocycles. The summed E-state index contributed by atoms with van der Waals surface area (Å²) in [5.74, 6) is 0.651. The van der Waals surface area contributed by atoms with E-state index in [1.54, 1.807) is 23.5 Å². The highest BCUT2D eigenvalue weighted by molar-refractivity contribution is 7.15. The van der Waals surface area contributed by atoms with Crippen LogP contribution in [-0.4, -0.2) is 6.54 Å². The van der Waals surface area contributed by atoms with Crippen molar-refractivity contribution in [1.29, 1.82) is 0 Å². The zero-order valence-corrected chi connectivity index (χ0v) is 13.5. The zero-order valence-electron chi connectivity index (χ0n) is 12.7. The minimum Gasteiger partial charge on any atom is -0.309 e. The predicted octanol–water partition coefficient (Wildman–Crippen LogP) is 5.31. The van der Waals surface area contributed by atoms with Crippen LogP contribution in [0.4, 0.5) is 4.39 Å². The van der Waals surface area contributed by atoms with Gasteiger partial charge in [-0.1, -0.05) is 19.1 Å². The van der Waals surface area contributed by atoms with Gasteiger partial charge in [0, 0.05) is 21.4 Å². The number of rotatable bonds is 6. The number of hydrogen-bond donors (Lipinski definition) is 1. The molecule has 1 aromatic carbocycles. The molecule has 1 N–H and O–H groups in total. The van der Waals surface area contributed by atoms with Gasteiger partial charge in [0.15, 0.2) is 0 Å². The molecule has 2 aromatic rings. The van der Waals surface area contributed by atoms with Gasteiger partial charge in [0.2, 0.25) is 0 Å². The van der Waals surface area contributed by atoms with E-state index in [2.05, 4.69) is 24.4 Å². The molecule has 0 radical (unpaired) electrons. The number of aryl methyl sites for hydroxylation is 1. The summed E-state index contributed by atoms with van der Waals surface area (Å²) in [5.41, 5.74) is 1.77. The smallest absolute Gasteiger partial charge is 0.132 e. The summed E-state index contributed by atoms with van der Waals surface area (Å²) in [4.78, 5) is 2.40. The topological polar surface area (TPSA) is 12.0 Å². The fourth-order valence-corrected chi connectivity index (χ4v) is 4.12. The van der Waals surface area contributed by atoms with Gasteiger partial charge in [-0.05, 0) is 62.4 Å². The Morgan fingerprint density at radius 2 is 2.10 bits per heavy atom. The number of hydrogen-bond acceptors (Lipinski definition) is 2. The minimum absolute atomic E-state index is 0.118. The molecule has 1 unspecified atom stereocenters. The molecular weight excluding hydrogens is 281 g/mol. The van der Waals surface area contributed by atoms with Crippen molar-refractivity contribution in [2.45, 2.75) is 39.2 Å². The van der Waals surface area contributed by atoms with E-state index < -0.39 is 0 Å². The minimum atomic E-state index is -0.118. The first-order valence-electron chi connectivity index (χ1n) is 7.79. The van der Waals surface area contributed by atoms with Crippen molar-refractivity contribution < 1.29 is 4.39 Å². The molecule has 0 bridgehead atoms. The normalized spacial score (nSPS) is 16.1. The van der Waals surface area contributed by atoms with Crippen LogP contribution in [-0.2, 0) is 0 Å². The van der Waals surface area contributed by atoms with Crippen molar-refractivity contribution in [3.8, 4) is 10.4 Å². The van der Waals surface area contributed by atoms with Crippen LogP contribution in [0.1, 0.15) is 42.7 Å². The van der Waals surface area contributed by atoms with Crippen LogP contribution >= 0.6 is 11.3 Å². The Balaban J connectivity index is 1.88. The van der Waals surface area contributed by atoms with Gasteiger partial charge in [-0.15, -0.1) is 11.3 Å². The fraction of sp³-hybridized carbons (Fsp3) is 0.444. The van der Waals surface area contributed by atoms with Crippen LogP contribution < -0.4 is 5.32 Å². The van der Waals surface area contributed by atoms with E-state index in [9.17, 15) is 4.39 Å². The summed E-state index contributed by atoms with van der Waals surface area (Å²) in [6.45, 7) is 5.22. The highest BCUT2D eigenvalue weighted by Gasteiger charge is 2.32. The summed E-state index contributed by atoms with van der Waals surface area (Å²) in [6.07, 6.45) is 3.77. The second-order valence-electron chi connectivity index (χ2n) is 5.90. The monoisotopic (exact) mass is 303 g/mol. The lowest BCUT2D eigenvalue weighted by Crippen LogP contribution is -2.22. The van der Waals surface area contributed by atoms with E-state index in [1.807, 2.05) is 13.0 Å². The zero-order chi connectivity index (χ0) is 14.8. The van der Waals surface area contributed by atoms with Gasteiger partial charge in [0.1, 0.15) is 5.82 Å². The summed E-state index contributed by atoms with van der Waals surface area (Å²) in [7, 11) is 0. The summed E-state index contributed by atoms with van der Waals surface area (Å²) < 4.78 is 14.1. The van der Waals surface area contributed by atoms with Gasteiger partial charge in [-0.2, -0.15) is 0 Å². The first-order chi connectivity index (χ1) is 10.2. The van der Waals surface area contributed by atoms with Gasteiger partial charge in [-0.3, -0.25) is 0 Å². The van der Waals surface area contributed by atoms with E-state index >= 15 is 0 Å². The van der Waals surface area contributed by atoms with Gasteiger partial charge >= 0.3 is 0 Å². The maximum Gasteiger partial charge on any atom is 0.132 e. The molecule has 1 aromatic heterocycles. The molecule has 1 fully saturated rings. The third kappa shape index (κ3) is 3.19. The molecule has 1 aliphatic carbocycles. The van der Waals surface area contributed by atoms with E-state index in [1.165, 1.54) is 17.7 Å². The molecule has 112 valence electrons. The van der Waals surface area contributed by atoms with Crippen molar-refractivity contribution in [3.05, 3.63) is 46.6 Å². The Morgan fingerprint density at radius 3 is 2.76 bits per heavy atom. The molecule has 1 atom stereocenters. The second-order valence-corrected chi connectivity index (χ2v) is 7.02. The molecule has 0 amide bonds. The van der Waals surface area contributed by atoms with Gasteiger partial charge < -0.3 is 5.32 Å². The molecule has 1 nitrogen and oxygen atoms in total. The molecular formula is C18H22FNS. The molecule has 1 saturated carbocycles. The average molecular weight is 303 g/mol. The fourth-order valence-electron chi connectivity index (χ4n) is 2.83. The van der Waals surface area contributed by atoms with Crippen LogP contribution in [0.5, 0.6) is 0 Å². The third-order valence-corrected chi connectivity index (χ3v) is 5.30. The number of nitrogens with one attached hydrogen (secondary N) is 1. The van der Waals surface area contributed by atoms with Gasteiger partial charge in [0.25, 0.3) is 0 Å². The molecule has 21 heavy (non-hydrogen) atoms. The van der Waals surface area contributed by atoms with E-state index in [-0.39, 0.29) is 5.82 Å². The first kappa shape index (κ1) is 14.7. The van der Waals surface area contributed by atoms with Crippen molar-refractivity contribution in [1.82, 2.24) is 5.32 Å². The highest BCUT2D eigenvalue weighted by Crippen LogP contribution is 2.44. The molecule has 1 heterocycles. The van der Waals surface area contributed by atoms with E-state index in [0.717, 1.165) is 34.9 Å². The van der Waals surface area contributed by atoms with Gasteiger partial charge in [0.05, 0.1) is 0 Å². The Kier molecular flexibility index (Phi) is 4.41. The first-order valence-corrected chi connectivity index (χ1v) is 8.61. The van der Waals surface area contributed by atoms with E-state index in [4.69, 9.17) is 0 Å². The SMILES string of the molecule is CCCNC(c1ccc(-c2c(C)cccc2F)s1)C1CC1. The quantitative estimate of drug-likeness (QED) is 0.762. The molecule has 0 aliphatic heterocycles. The Labute approximate surface area is 130 Å². The van der Waals surface area contributed by atoms with Crippen LogP contribution in [0, 0.1) is 18.7 Å². The maximum atomic E-state index is 14.1. The maximum absolute atomic E-state index is 14.1. The Morgan fingerprint density at radius 1 is 1.29 bits per heavy atom. The number of halogens is 1. The number of thiophene rings is 1. The summed E-state index contributed by atoms with van der Waals surface area (Å²) in [6, 6.07) is 10.0. The Hall–Kier alpha value is -1.19. The summed E-state index contributed by atoms with van der Waals surface area (Å²) >= 11 is 1.74. The van der Waals surface area contributed by atoms with Crippen LogP contribution in [0.25, 0.3) is 10.4 Å². The lowest BCUT2D eigenvalue weighted by molar-refractivity contribution is 0.488. The van der Waals surface area contributed by atoms with Crippen LogP contribution in [0.2, 0.25) is 0 Å². The number of benzene rings is 1. The third-order valence-electron chi connectivity index (χ3n) is 4.11. The van der Waals surface area contributed by atoms with Crippen molar-refractivity contribution in [2.75, 3.05) is 6.54 Å². The molecule has 1 aliphatic rings. The molecule has 0 spiro atoms. The largest absolute Gasteiger partial charge is 0.309 e. The van der Waals surface area contributed by atoms with Gasteiger partial charge in [-0.25, -0.2) is 4.39 Å². The molecule has 3 heteroatoms. The predicted molar refractivity (Wildman–Crippen MR) is 88.2 cm³/mol. The average Bonchev–Trinajstić information content (AvgIpc) is 3.18. The lowest BCUT2D eigenvalue weighted by atomic mass is 10.1. The Bertz CT molecular complexity index is 595. The van der Waals surface area contributed by atoms with Crippen molar-refractivity contribution in [3.63, 3.8) is 0 Å². The lowest BCUT2D eigenvalue weighted by Gasteiger charge is -2.16. The second kappa shape index (κ2) is 6.29.